The third-order valence-corrected chi connectivity index (χ3v) is 4.32. The van der Waals surface area contributed by atoms with Gasteiger partial charge in [-0.25, -0.2) is 0 Å². The van der Waals surface area contributed by atoms with Crippen molar-refractivity contribution in [2.75, 3.05) is 6.54 Å². The van der Waals surface area contributed by atoms with E-state index in [9.17, 15) is 0 Å². The Morgan fingerprint density at radius 1 is 1.38 bits per heavy atom. The van der Waals surface area contributed by atoms with E-state index in [0.717, 1.165) is 48.2 Å². The molecule has 1 aliphatic heterocycles. The molecule has 1 fully saturated rings. The van der Waals surface area contributed by atoms with Crippen LogP contribution in [0.3, 0.4) is 0 Å². The molecule has 0 spiro atoms. The van der Waals surface area contributed by atoms with Crippen molar-refractivity contribution in [1.29, 1.82) is 0 Å². The topological polar surface area (TPSA) is 42.2 Å². The van der Waals surface area contributed by atoms with Crippen molar-refractivity contribution in [1.82, 2.24) is 15.0 Å². The normalized spacial score (nSPS) is 19.5. The Morgan fingerprint density at radius 3 is 2.90 bits per heavy atom. The van der Waals surface area contributed by atoms with Crippen molar-refractivity contribution in [2.24, 2.45) is 0 Å². The van der Waals surface area contributed by atoms with Gasteiger partial charge in [0.2, 0.25) is 5.89 Å². The maximum Gasteiger partial charge on any atom is 0.244 e. The van der Waals surface area contributed by atoms with E-state index in [4.69, 9.17) is 16.1 Å². The van der Waals surface area contributed by atoms with Crippen LogP contribution in [-0.4, -0.2) is 21.6 Å². The molecule has 3 rings (SSSR count). The third kappa shape index (κ3) is 3.11. The Balaban J connectivity index is 1.77. The van der Waals surface area contributed by atoms with Gasteiger partial charge in [-0.15, -0.1) is 0 Å². The standard InChI is InChI=1S/C16H20ClN3O/c1-11(2)15-18-16(21-19-15)14-8-5-9-20(14)10-12-6-3-4-7-13(12)17/h3-4,6-7,11,14H,5,8-10H2,1-2H3/t14-/m1/s1. The zero-order valence-corrected chi connectivity index (χ0v) is 13.2. The van der Waals surface area contributed by atoms with E-state index in [-0.39, 0.29) is 6.04 Å². The van der Waals surface area contributed by atoms with Crippen LogP contribution in [-0.2, 0) is 6.54 Å². The van der Waals surface area contributed by atoms with Crippen LogP contribution in [0.4, 0.5) is 0 Å². The van der Waals surface area contributed by atoms with Crippen LogP contribution in [0.25, 0.3) is 0 Å². The van der Waals surface area contributed by atoms with E-state index in [1.54, 1.807) is 0 Å². The summed E-state index contributed by atoms with van der Waals surface area (Å²) >= 11 is 6.26. The lowest BCUT2D eigenvalue weighted by atomic mass is 10.1. The molecular formula is C16H20ClN3O. The average Bonchev–Trinajstić information content (AvgIpc) is 3.09. The summed E-state index contributed by atoms with van der Waals surface area (Å²) in [6, 6.07) is 8.20. The first-order chi connectivity index (χ1) is 10.1. The molecule has 0 radical (unpaired) electrons. The lowest BCUT2D eigenvalue weighted by Gasteiger charge is -2.22. The predicted octanol–water partition coefficient (Wildman–Crippen LogP) is 4.18. The van der Waals surface area contributed by atoms with Crippen LogP contribution >= 0.6 is 11.6 Å². The third-order valence-electron chi connectivity index (χ3n) is 3.95. The number of rotatable bonds is 4. The van der Waals surface area contributed by atoms with Gasteiger partial charge in [-0.2, -0.15) is 4.98 Å². The zero-order valence-electron chi connectivity index (χ0n) is 12.4. The highest BCUT2D eigenvalue weighted by Gasteiger charge is 2.31. The van der Waals surface area contributed by atoms with Crippen molar-refractivity contribution in [3.63, 3.8) is 0 Å². The van der Waals surface area contributed by atoms with Crippen molar-refractivity contribution < 1.29 is 4.52 Å². The predicted molar refractivity (Wildman–Crippen MR) is 82.2 cm³/mol. The first-order valence-corrected chi connectivity index (χ1v) is 7.84. The van der Waals surface area contributed by atoms with Gasteiger partial charge in [0.15, 0.2) is 5.82 Å². The number of nitrogens with zero attached hydrogens (tertiary/aromatic N) is 3. The van der Waals surface area contributed by atoms with Crippen LogP contribution in [0.1, 0.15) is 55.9 Å². The van der Waals surface area contributed by atoms with Crippen molar-refractivity contribution >= 4 is 11.6 Å². The Kier molecular flexibility index (Phi) is 4.27. The summed E-state index contributed by atoms with van der Waals surface area (Å²) in [5.74, 6) is 1.82. The van der Waals surface area contributed by atoms with Crippen molar-refractivity contribution in [3.8, 4) is 0 Å². The Labute approximate surface area is 130 Å². The molecule has 2 heterocycles. The number of halogens is 1. The molecule has 1 saturated heterocycles. The molecule has 1 aliphatic rings. The van der Waals surface area contributed by atoms with Crippen LogP contribution in [0.2, 0.25) is 5.02 Å². The van der Waals surface area contributed by atoms with E-state index in [1.807, 2.05) is 18.2 Å². The highest BCUT2D eigenvalue weighted by molar-refractivity contribution is 6.31. The highest BCUT2D eigenvalue weighted by atomic mass is 35.5. The maximum atomic E-state index is 6.26. The Hall–Kier alpha value is -1.39. The molecular weight excluding hydrogens is 286 g/mol. The van der Waals surface area contributed by atoms with Crippen molar-refractivity contribution in [3.05, 3.63) is 46.6 Å². The molecule has 4 nitrogen and oxygen atoms in total. The van der Waals surface area contributed by atoms with Gasteiger partial charge in [-0.05, 0) is 31.0 Å². The molecule has 1 aromatic heterocycles. The summed E-state index contributed by atoms with van der Waals surface area (Å²) in [5, 5.41) is 4.90. The van der Waals surface area contributed by atoms with E-state index in [1.165, 1.54) is 0 Å². The second kappa shape index (κ2) is 6.16. The number of hydrogen-bond acceptors (Lipinski definition) is 4. The summed E-state index contributed by atoms with van der Waals surface area (Å²) in [4.78, 5) is 6.93. The molecule has 2 aromatic rings. The number of benzene rings is 1. The second-order valence-corrected chi connectivity index (χ2v) is 6.27. The van der Waals surface area contributed by atoms with Gasteiger partial charge in [0, 0.05) is 17.5 Å². The van der Waals surface area contributed by atoms with Gasteiger partial charge in [0.05, 0.1) is 6.04 Å². The smallest absolute Gasteiger partial charge is 0.244 e. The van der Waals surface area contributed by atoms with Crippen LogP contribution in [0.5, 0.6) is 0 Å². The second-order valence-electron chi connectivity index (χ2n) is 5.87. The monoisotopic (exact) mass is 305 g/mol. The van der Waals surface area contributed by atoms with Gasteiger partial charge < -0.3 is 4.52 Å². The fourth-order valence-electron chi connectivity index (χ4n) is 2.76. The number of aromatic nitrogens is 2. The molecule has 0 N–H and O–H groups in total. The minimum Gasteiger partial charge on any atom is -0.338 e. The van der Waals surface area contributed by atoms with Gasteiger partial charge in [-0.3, -0.25) is 4.90 Å². The van der Waals surface area contributed by atoms with Gasteiger partial charge in [0.25, 0.3) is 0 Å². The SMILES string of the molecule is CC(C)c1noc([C@H]2CCCN2Cc2ccccc2Cl)n1. The summed E-state index contributed by atoms with van der Waals surface area (Å²) in [6.07, 6.45) is 2.21. The highest BCUT2D eigenvalue weighted by Crippen LogP contribution is 2.33. The van der Waals surface area contributed by atoms with Crippen LogP contribution in [0, 0.1) is 0 Å². The molecule has 0 unspecified atom stereocenters. The first-order valence-electron chi connectivity index (χ1n) is 7.46. The summed E-state index contributed by atoms with van der Waals surface area (Å²) in [6.45, 7) is 6.01. The van der Waals surface area contributed by atoms with Crippen molar-refractivity contribution in [2.45, 2.75) is 45.2 Å². The maximum absolute atomic E-state index is 6.26. The fraction of sp³-hybridized carbons (Fsp3) is 0.500. The minimum atomic E-state index is 0.210. The number of likely N-dealkylation sites (tertiary alicyclic amines) is 1. The lowest BCUT2D eigenvalue weighted by Crippen LogP contribution is -2.23. The fourth-order valence-corrected chi connectivity index (χ4v) is 2.95. The molecule has 21 heavy (non-hydrogen) atoms. The minimum absolute atomic E-state index is 0.210. The Morgan fingerprint density at radius 2 is 2.19 bits per heavy atom. The first kappa shape index (κ1) is 14.5. The van der Waals surface area contributed by atoms with Gasteiger partial charge >= 0.3 is 0 Å². The zero-order chi connectivity index (χ0) is 14.8. The molecule has 0 amide bonds. The molecule has 0 saturated carbocycles. The molecule has 1 atom stereocenters. The van der Waals surface area contributed by atoms with E-state index in [2.05, 4.69) is 35.0 Å². The van der Waals surface area contributed by atoms with E-state index < -0.39 is 0 Å². The quantitative estimate of drug-likeness (QED) is 0.849. The lowest BCUT2D eigenvalue weighted by molar-refractivity contribution is 0.201. The van der Waals surface area contributed by atoms with Crippen LogP contribution in [0.15, 0.2) is 28.8 Å². The summed E-state index contributed by atoms with van der Waals surface area (Å²) in [7, 11) is 0. The van der Waals surface area contributed by atoms with Gasteiger partial charge in [0.1, 0.15) is 0 Å². The van der Waals surface area contributed by atoms with Crippen LogP contribution < -0.4 is 0 Å². The average molecular weight is 306 g/mol. The molecule has 0 aliphatic carbocycles. The molecule has 112 valence electrons. The molecule has 1 aromatic carbocycles. The van der Waals surface area contributed by atoms with E-state index in [0.29, 0.717) is 5.92 Å². The van der Waals surface area contributed by atoms with Gasteiger partial charge in [-0.1, -0.05) is 48.8 Å². The summed E-state index contributed by atoms with van der Waals surface area (Å²) < 4.78 is 5.47. The largest absolute Gasteiger partial charge is 0.338 e. The summed E-state index contributed by atoms with van der Waals surface area (Å²) in [5.41, 5.74) is 1.15. The molecule has 5 heteroatoms. The van der Waals surface area contributed by atoms with E-state index >= 15 is 0 Å². The number of hydrogen-bond donors (Lipinski definition) is 0. The Bertz CT molecular complexity index is 611. The molecule has 0 bridgehead atoms.